The molecule has 0 radical (unpaired) electrons. The minimum atomic E-state index is 0.00697. The molecule has 3 nitrogen and oxygen atoms in total. The third-order valence-electron chi connectivity index (χ3n) is 3.53. The highest BCUT2D eigenvalue weighted by molar-refractivity contribution is 5.10. The largest absolute Gasteiger partial charge is 0.394 e. The summed E-state index contributed by atoms with van der Waals surface area (Å²) in [4.78, 5) is 4.00. The minimum Gasteiger partial charge on any atom is -0.394 e. The van der Waals surface area contributed by atoms with E-state index in [4.69, 9.17) is 0 Å². The molecule has 0 aliphatic heterocycles. The van der Waals surface area contributed by atoms with Gasteiger partial charge in [0.15, 0.2) is 0 Å². The molecule has 1 fully saturated rings. The Morgan fingerprint density at radius 3 is 2.56 bits per heavy atom. The van der Waals surface area contributed by atoms with Crippen molar-refractivity contribution in [2.75, 3.05) is 13.2 Å². The number of rotatable bonds is 5. The summed E-state index contributed by atoms with van der Waals surface area (Å²) in [6.45, 7) is 1.20. The van der Waals surface area contributed by atoms with E-state index in [1.54, 1.807) is 0 Å². The van der Waals surface area contributed by atoms with Crippen molar-refractivity contribution in [3.63, 3.8) is 0 Å². The molecule has 1 saturated carbocycles. The number of aromatic nitrogens is 1. The van der Waals surface area contributed by atoms with Gasteiger partial charge in [0, 0.05) is 17.9 Å². The van der Waals surface area contributed by atoms with Gasteiger partial charge < -0.3 is 10.4 Å². The van der Waals surface area contributed by atoms with Gasteiger partial charge in [0.1, 0.15) is 0 Å². The highest BCUT2D eigenvalue weighted by Gasteiger charge is 2.31. The van der Waals surface area contributed by atoms with E-state index < -0.39 is 0 Å². The topological polar surface area (TPSA) is 45.1 Å². The normalized spacial score (nSPS) is 18.8. The molecule has 2 N–H and O–H groups in total. The lowest BCUT2D eigenvalue weighted by atomic mass is 9.98. The van der Waals surface area contributed by atoms with Crippen LogP contribution in [0.15, 0.2) is 24.5 Å². The van der Waals surface area contributed by atoms with Crippen LogP contribution >= 0.6 is 0 Å². The van der Waals surface area contributed by atoms with Crippen LogP contribution in [-0.2, 0) is 6.42 Å². The van der Waals surface area contributed by atoms with E-state index in [0.29, 0.717) is 0 Å². The summed E-state index contributed by atoms with van der Waals surface area (Å²) in [5.41, 5.74) is 1.31. The summed E-state index contributed by atoms with van der Waals surface area (Å²) in [5, 5.41) is 13.0. The predicted molar refractivity (Wildman–Crippen MR) is 64.2 cm³/mol. The smallest absolute Gasteiger partial charge is 0.0613 e. The Labute approximate surface area is 96.9 Å². The molecule has 0 spiro atoms. The number of aliphatic hydroxyl groups excluding tert-OH is 1. The average Bonchev–Trinajstić information content (AvgIpc) is 2.80. The quantitative estimate of drug-likeness (QED) is 0.791. The van der Waals surface area contributed by atoms with E-state index in [1.165, 1.54) is 18.4 Å². The van der Waals surface area contributed by atoms with Crippen molar-refractivity contribution >= 4 is 0 Å². The molecule has 1 aliphatic carbocycles. The van der Waals surface area contributed by atoms with Gasteiger partial charge in [-0.25, -0.2) is 0 Å². The van der Waals surface area contributed by atoms with Gasteiger partial charge in [0.05, 0.1) is 6.61 Å². The van der Waals surface area contributed by atoms with Crippen molar-refractivity contribution in [3.8, 4) is 0 Å². The first-order valence-corrected chi connectivity index (χ1v) is 6.09. The number of hydrogen-bond acceptors (Lipinski definition) is 3. The fourth-order valence-electron chi connectivity index (χ4n) is 2.46. The van der Waals surface area contributed by atoms with Crippen molar-refractivity contribution in [3.05, 3.63) is 30.1 Å². The fraction of sp³-hybridized carbons (Fsp3) is 0.615. The molecule has 2 rings (SSSR count). The monoisotopic (exact) mass is 220 g/mol. The maximum Gasteiger partial charge on any atom is 0.0613 e. The highest BCUT2D eigenvalue weighted by atomic mass is 16.3. The zero-order valence-corrected chi connectivity index (χ0v) is 9.65. The van der Waals surface area contributed by atoms with Crippen molar-refractivity contribution in [1.29, 1.82) is 0 Å². The summed E-state index contributed by atoms with van der Waals surface area (Å²) >= 11 is 0. The number of pyridine rings is 1. The van der Waals surface area contributed by atoms with Crippen molar-refractivity contribution in [2.45, 2.75) is 37.6 Å². The van der Waals surface area contributed by atoms with Crippen LogP contribution in [0.4, 0.5) is 0 Å². The van der Waals surface area contributed by atoms with Gasteiger partial charge >= 0.3 is 0 Å². The number of aliphatic hydroxyl groups is 1. The zero-order chi connectivity index (χ0) is 11.3. The second kappa shape index (κ2) is 5.41. The van der Waals surface area contributed by atoms with Crippen molar-refractivity contribution in [1.82, 2.24) is 10.3 Å². The second-order valence-corrected chi connectivity index (χ2v) is 4.68. The highest BCUT2D eigenvalue weighted by Crippen LogP contribution is 2.28. The second-order valence-electron chi connectivity index (χ2n) is 4.68. The van der Waals surface area contributed by atoms with Crippen molar-refractivity contribution < 1.29 is 5.11 Å². The Bertz CT molecular complexity index is 307. The summed E-state index contributed by atoms with van der Waals surface area (Å²) in [6, 6.07) is 4.09. The molecule has 1 heterocycles. The summed E-state index contributed by atoms with van der Waals surface area (Å²) in [7, 11) is 0. The van der Waals surface area contributed by atoms with Crippen LogP contribution in [0.2, 0.25) is 0 Å². The van der Waals surface area contributed by atoms with Gasteiger partial charge in [-0.1, -0.05) is 12.8 Å². The summed E-state index contributed by atoms with van der Waals surface area (Å²) < 4.78 is 0. The fourth-order valence-corrected chi connectivity index (χ4v) is 2.46. The van der Waals surface area contributed by atoms with Gasteiger partial charge in [-0.2, -0.15) is 0 Å². The van der Waals surface area contributed by atoms with E-state index >= 15 is 0 Å². The Hall–Kier alpha value is -0.930. The van der Waals surface area contributed by atoms with E-state index in [0.717, 1.165) is 25.8 Å². The van der Waals surface area contributed by atoms with Gasteiger partial charge in [-0.3, -0.25) is 4.98 Å². The maximum absolute atomic E-state index is 9.44. The van der Waals surface area contributed by atoms with E-state index in [1.807, 2.05) is 24.5 Å². The Morgan fingerprint density at radius 1 is 1.25 bits per heavy atom. The summed E-state index contributed by atoms with van der Waals surface area (Å²) in [5.74, 6) is 0. The molecule has 0 bridgehead atoms. The summed E-state index contributed by atoms with van der Waals surface area (Å²) in [6.07, 6.45) is 9.36. The Balaban J connectivity index is 1.79. The molecule has 0 aromatic carbocycles. The molecule has 0 amide bonds. The van der Waals surface area contributed by atoms with Crippen LogP contribution in [-0.4, -0.2) is 28.8 Å². The average molecular weight is 220 g/mol. The van der Waals surface area contributed by atoms with Gasteiger partial charge in [-0.15, -0.1) is 0 Å². The zero-order valence-electron chi connectivity index (χ0n) is 9.65. The number of hydrogen-bond donors (Lipinski definition) is 2. The van der Waals surface area contributed by atoms with Crippen LogP contribution in [0, 0.1) is 0 Å². The molecule has 1 aromatic rings. The van der Waals surface area contributed by atoms with Crippen molar-refractivity contribution in [2.24, 2.45) is 0 Å². The minimum absolute atomic E-state index is 0.00697. The van der Waals surface area contributed by atoms with Crippen LogP contribution in [0.25, 0.3) is 0 Å². The van der Waals surface area contributed by atoms with Gasteiger partial charge in [0.25, 0.3) is 0 Å². The molecular formula is C13H20N2O. The van der Waals surface area contributed by atoms with Crippen LogP contribution < -0.4 is 5.32 Å². The first-order chi connectivity index (χ1) is 7.85. The molecule has 0 atom stereocenters. The Morgan fingerprint density at radius 2 is 1.94 bits per heavy atom. The van der Waals surface area contributed by atoms with Gasteiger partial charge in [-0.05, 0) is 43.5 Å². The lowest BCUT2D eigenvalue weighted by Crippen LogP contribution is -2.46. The van der Waals surface area contributed by atoms with Gasteiger partial charge in [0.2, 0.25) is 0 Å². The molecular weight excluding hydrogens is 200 g/mol. The van der Waals surface area contributed by atoms with Crippen LogP contribution in [0.3, 0.4) is 0 Å². The third kappa shape index (κ3) is 2.80. The number of nitrogens with zero attached hydrogens (tertiary/aromatic N) is 1. The molecule has 0 saturated heterocycles. The van der Waals surface area contributed by atoms with E-state index in [2.05, 4.69) is 10.3 Å². The lowest BCUT2D eigenvalue weighted by Gasteiger charge is -2.28. The number of nitrogens with one attached hydrogen (secondary N) is 1. The molecule has 16 heavy (non-hydrogen) atoms. The Kier molecular flexibility index (Phi) is 3.91. The molecule has 1 aliphatic rings. The third-order valence-corrected chi connectivity index (χ3v) is 3.53. The maximum atomic E-state index is 9.44. The standard InChI is InChI=1S/C13H20N2O/c16-11-13(6-1-2-7-13)15-10-5-12-3-8-14-9-4-12/h3-4,8-9,15-16H,1-2,5-7,10-11H2. The lowest BCUT2D eigenvalue weighted by molar-refractivity contribution is 0.165. The first-order valence-electron chi connectivity index (χ1n) is 6.09. The van der Waals surface area contributed by atoms with E-state index in [9.17, 15) is 5.11 Å². The first kappa shape index (κ1) is 11.6. The van der Waals surface area contributed by atoms with E-state index in [-0.39, 0.29) is 12.1 Å². The van der Waals surface area contributed by atoms with Crippen LogP contribution in [0.5, 0.6) is 0 Å². The molecule has 0 unspecified atom stereocenters. The molecule has 88 valence electrons. The predicted octanol–water partition coefficient (Wildman–Crippen LogP) is 1.52. The SMILES string of the molecule is OCC1(NCCc2ccncc2)CCCC1. The molecule has 1 aromatic heterocycles. The molecule has 3 heteroatoms. The van der Waals surface area contributed by atoms with Crippen LogP contribution in [0.1, 0.15) is 31.2 Å².